The highest BCUT2D eigenvalue weighted by Gasteiger charge is 2.17. The van der Waals surface area contributed by atoms with Crippen molar-refractivity contribution in [3.05, 3.63) is 43.3 Å². The molecule has 0 amide bonds. The first-order valence-corrected chi connectivity index (χ1v) is 8.03. The van der Waals surface area contributed by atoms with Crippen molar-refractivity contribution in [2.45, 2.75) is 19.4 Å². The van der Waals surface area contributed by atoms with Crippen LogP contribution in [-0.2, 0) is 6.54 Å². The Bertz CT molecular complexity index is 611. The molecular weight excluding hydrogens is 324 g/mol. The predicted octanol–water partition coefficient (Wildman–Crippen LogP) is 3.46. The molecule has 1 aliphatic heterocycles. The second-order valence-electron chi connectivity index (χ2n) is 4.80. The fourth-order valence-corrected chi connectivity index (χ4v) is 3.62. The molecule has 5 heteroatoms. The Hall–Kier alpha value is -0.910. The number of nitrogens with one attached hydrogen (secondary N) is 1. The van der Waals surface area contributed by atoms with Crippen LogP contribution in [0.2, 0.25) is 0 Å². The molecule has 0 unspecified atom stereocenters. The van der Waals surface area contributed by atoms with Gasteiger partial charge in [-0.2, -0.15) is 0 Å². The molecule has 1 N–H and O–H groups in total. The standard InChI is InChI=1S/C14H15BrN2OS/c15-11-5-3-10(4-6-11)13-12(19-14(18)16-13)9-17-7-1-2-8-17/h3-6H,1-2,7-9H2,(H,16,18). The van der Waals surface area contributed by atoms with Crippen LogP contribution in [0, 0.1) is 0 Å². The smallest absolute Gasteiger partial charge is 0.305 e. The zero-order valence-electron chi connectivity index (χ0n) is 10.5. The van der Waals surface area contributed by atoms with Gasteiger partial charge in [0.1, 0.15) is 0 Å². The largest absolute Gasteiger partial charge is 0.312 e. The Kier molecular flexibility index (Phi) is 3.86. The summed E-state index contributed by atoms with van der Waals surface area (Å²) in [6.45, 7) is 3.17. The molecule has 0 radical (unpaired) electrons. The van der Waals surface area contributed by atoms with Gasteiger partial charge >= 0.3 is 4.87 Å². The topological polar surface area (TPSA) is 36.1 Å². The monoisotopic (exact) mass is 338 g/mol. The van der Waals surface area contributed by atoms with Crippen LogP contribution in [0.1, 0.15) is 17.7 Å². The number of H-pyrrole nitrogens is 1. The number of hydrogen-bond acceptors (Lipinski definition) is 3. The minimum atomic E-state index is 0.0344. The quantitative estimate of drug-likeness (QED) is 0.930. The number of halogens is 1. The third-order valence-corrected chi connectivity index (χ3v) is 4.82. The summed E-state index contributed by atoms with van der Waals surface area (Å²) in [6, 6.07) is 8.08. The van der Waals surface area contributed by atoms with Gasteiger partial charge in [-0.05, 0) is 43.6 Å². The molecule has 100 valence electrons. The van der Waals surface area contributed by atoms with E-state index in [1.807, 2.05) is 24.3 Å². The van der Waals surface area contributed by atoms with Crippen molar-refractivity contribution in [2.24, 2.45) is 0 Å². The summed E-state index contributed by atoms with van der Waals surface area (Å²) in [6.07, 6.45) is 2.54. The molecule has 3 rings (SSSR count). The second kappa shape index (κ2) is 5.61. The van der Waals surface area contributed by atoms with Crippen molar-refractivity contribution >= 4 is 27.3 Å². The fourth-order valence-electron chi connectivity index (χ4n) is 2.47. The molecule has 2 aromatic rings. The van der Waals surface area contributed by atoms with Crippen molar-refractivity contribution < 1.29 is 0 Å². The molecule has 1 saturated heterocycles. The van der Waals surface area contributed by atoms with E-state index in [4.69, 9.17) is 0 Å². The van der Waals surface area contributed by atoms with Gasteiger partial charge in [-0.1, -0.05) is 39.4 Å². The molecule has 0 atom stereocenters. The van der Waals surface area contributed by atoms with E-state index in [0.717, 1.165) is 40.2 Å². The molecular formula is C14H15BrN2OS. The van der Waals surface area contributed by atoms with Gasteiger partial charge in [-0.3, -0.25) is 9.69 Å². The van der Waals surface area contributed by atoms with E-state index in [9.17, 15) is 4.79 Å². The van der Waals surface area contributed by atoms with Gasteiger partial charge in [0.25, 0.3) is 0 Å². The third kappa shape index (κ3) is 2.99. The van der Waals surface area contributed by atoms with E-state index in [0.29, 0.717) is 0 Å². The van der Waals surface area contributed by atoms with Gasteiger partial charge in [0, 0.05) is 15.9 Å². The zero-order valence-corrected chi connectivity index (χ0v) is 12.9. The van der Waals surface area contributed by atoms with Crippen molar-refractivity contribution in [3.8, 4) is 11.3 Å². The fraction of sp³-hybridized carbons (Fsp3) is 0.357. The van der Waals surface area contributed by atoms with Crippen LogP contribution in [0.25, 0.3) is 11.3 Å². The number of likely N-dealkylation sites (tertiary alicyclic amines) is 1. The second-order valence-corrected chi connectivity index (χ2v) is 6.79. The van der Waals surface area contributed by atoms with Gasteiger partial charge in [0.15, 0.2) is 0 Å². The molecule has 3 nitrogen and oxygen atoms in total. The third-order valence-electron chi connectivity index (χ3n) is 3.42. The van der Waals surface area contributed by atoms with E-state index in [1.165, 1.54) is 24.2 Å². The van der Waals surface area contributed by atoms with Crippen LogP contribution in [0.3, 0.4) is 0 Å². The highest BCUT2D eigenvalue weighted by molar-refractivity contribution is 9.10. The number of nitrogens with zero attached hydrogens (tertiary/aromatic N) is 1. The summed E-state index contributed by atoms with van der Waals surface area (Å²) < 4.78 is 1.05. The first kappa shape index (κ1) is 13.1. The Labute approximate surface area is 124 Å². The Balaban J connectivity index is 1.92. The lowest BCUT2D eigenvalue weighted by atomic mass is 10.1. The van der Waals surface area contributed by atoms with Gasteiger partial charge in [-0.15, -0.1) is 0 Å². The van der Waals surface area contributed by atoms with Crippen molar-refractivity contribution in [1.29, 1.82) is 0 Å². The molecule has 19 heavy (non-hydrogen) atoms. The maximum atomic E-state index is 11.7. The van der Waals surface area contributed by atoms with Crippen molar-refractivity contribution in [3.63, 3.8) is 0 Å². The normalized spacial score (nSPS) is 16.1. The van der Waals surface area contributed by atoms with Gasteiger partial charge in [0.2, 0.25) is 0 Å². The van der Waals surface area contributed by atoms with E-state index < -0.39 is 0 Å². The van der Waals surface area contributed by atoms with E-state index in [-0.39, 0.29) is 4.87 Å². The predicted molar refractivity (Wildman–Crippen MR) is 82.6 cm³/mol. The number of benzene rings is 1. The average molecular weight is 339 g/mol. The summed E-state index contributed by atoms with van der Waals surface area (Å²) >= 11 is 4.77. The summed E-state index contributed by atoms with van der Waals surface area (Å²) in [5.41, 5.74) is 2.06. The number of aromatic nitrogens is 1. The van der Waals surface area contributed by atoms with E-state index in [2.05, 4.69) is 25.8 Å². The minimum absolute atomic E-state index is 0.0344. The summed E-state index contributed by atoms with van der Waals surface area (Å²) in [5, 5.41) is 0. The van der Waals surface area contributed by atoms with Crippen LogP contribution < -0.4 is 4.87 Å². The zero-order chi connectivity index (χ0) is 13.2. The molecule has 0 bridgehead atoms. The van der Waals surface area contributed by atoms with Crippen LogP contribution in [0.5, 0.6) is 0 Å². The van der Waals surface area contributed by atoms with E-state index in [1.54, 1.807) is 0 Å². The number of rotatable bonds is 3. The summed E-state index contributed by atoms with van der Waals surface area (Å²) in [7, 11) is 0. The Morgan fingerprint density at radius 2 is 1.89 bits per heavy atom. The molecule has 1 aromatic carbocycles. The molecule has 2 heterocycles. The lowest BCUT2D eigenvalue weighted by Crippen LogP contribution is -2.18. The molecule has 0 saturated carbocycles. The lowest BCUT2D eigenvalue weighted by Gasteiger charge is -2.14. The highest BCUT2D eigenvalue weighted by Crippen LogP contribution is 2.26. The maximum absolute atomic E-state index is 11.7. The number of thiazole rings is 1. The molecule has 0 spiro atoms. The van der Waals surface area contributed by atoms with E-state index >= 15 is 0 Å². The van der Waals surface area contributed by atoms with Crippen LogP contribution in [0.4, 0.5) is 0 Å². The van der Waals surface area contributed by atoms with Gasteiger partial charge in [0.05, 0.1) is 5.69 Å². The summed E-state index contributed by atoms with van der Waals surface area (Å²) in [5.74, 6) is 0. The van der Waals surface area contributed by atoms with Gasteiger partial charge in [-0.25, -0.2) is 0 Å². The Morgan fingerprint density at radius 1 is 1.21 bits per heavy atom. The SMILES string of the molecule is O=c1[nH]c(-c2ccc(Br)cc2)c(CN2CCCC2)s1. The first-order valence-electron chi connectivity index (χ1n) is 6.42. The van der Waals surface area contributed by atoms with Crippen molar-refractivity contribution in [2.75, 3.05) is 13.1 Å². The Morgan fingerprint density at radius 3 is 2.58 bits per heavy atom. The van der Waals surface area contributed by atoms with Crippen LogP contribution >= 0.6 is 27.3 Å². The van der Waals surface area contributed by atoms with Gasteiger partial charge < -0.3 is 4.98 Å². The number of hydrogen-bond donors (Lipinski definition) is 1. The highest BCUT2D eigenvalue weighted by atomic mass is 79.9. The molecule has 1 aliphatic rings. The van der Waals surface area contributed by atoms with Crippen molar-refractivity contribution in [1.82, 2.24) is 9.88 Å². The molecule has 1 fully saturated rings. The number of aromatic amines is 1. The average Bonchev–Trinajstić information content (AvgIpc) is 3.01. The van der Waals surface area contributed by atoms with Crippen LogP contribution in [-0.4, -0.2) is 23.0 Å². The minimum Gasteiger partial charge on any atom is -0.312 e. The lowest BCUT2D eigenvalue weighted by molar-refractivity contribution is 0.334. The first-order chi connectivity index (χ1) is 9.22. The molecule has 1 aromatic heterocycles. The summed E-state index contributed by atoms with van der Waals surface area (Å²) in [4.78, 5) is 18.2. The van der Waals surface area contributed by atoms with Crippen LogP contribution in [0.15, 0.2) is 33.5 Å². The molecule has 0 aliphatic carbocycles. The maximum Gasteiger partial charge on any atom is 0.305 e.